The van der Waals surface area contributed by atoms with Crippen molar-refractivity contribution < 1.29 is 23.9 Å². The Hall–Kier alpha value is -3.28. The van der Waals surface area contributed by atoms with E-state index in [0.29, 0.717) is 22.3 Å². The molecule has 1 saturated heterocycles. The van der Waals surface area contributed by atoms with Gasteiger partial charge in [-0.05, 0) is 32.4 Å². The van der Waals surface area contributed by atoms with Crippen molar-refractivity contribution in [1.29, 1.82) is 0 Å². The number of ether oxygens (including phenoxy) is 1. The number of likely N-dealkylation sites (tertiary alicyclic amines) is 1. The molecule has 1 atom stereocenters. The van der Waals surface area contributed by atoms with Crippen molar-refractivity contribution in [2.24, 2.45) is 0 Å². The Morgan fingerprint density at radius 1 is 0.931 bits per heavy atom. The summed E-state index contributed by atoms with van der Waals surface area (Å²) in [4.78, 5) is 51.4. The van der Waals surface area contributed by atoms with E-state index in [4.69, 9.17) is 4.74 Å². The summed E-state index contributed by atoms with van der Waals surface area (Å²) in [6.07, 6.45) is -0.514. The third-order valence-electron chi connectivity index (χ3n) is 5.16. The predicted molar refractivity (Wildman–Crippen MR) is 105 cm³/mol. The zero-order valence-corrected chi connectivity index (χ0v) is 16.5. The summed E-state index contributed by atoms with van der Waals surface area (Å²) in [5.74, 6) is -0.944. The normalized spacial score (nSPS) is 18.5. The third kappa shape index (κ3) is 3.35. The van der Waals surface area contributed by atoms with Crippen molar-refractivity contribution in [3.05, 3.63) is 70.3 Å². The number of amides is 2. The molecule has 2 amide bonds. The Bertz CT molecular complexity index is 1060. The quantitative estimate of drug-likeness (QED) is 0.632. The van der Waals surface area contributed by atoms with E-state index in [9.17, 15) is 19.2 Å². The fraction of sp³-hybridized carbons (Fsp3) is 0.304. The minimum atomic E-state index is -0.693. The molecule has 0 radical (unpaired) electrons. The second-order valence-electron chi connectivity index (χ2n) is 8.39. The first kappa shape index (κ1) is 19.1. The van der Waals surface area contributed by atoms with Gasteiger partial charge >= 0.3 is 6.09 Å². The summed E-state index contributed by atoms with van der Waals surface area (Å²) in [5, 5.41) is 0. The molecular weight excluding hydrogens is 370 g/mol. The van der Waals surface area contributed by atoms with Crippen LogP contribution in [0.4, 0.5) is 4.79 Å². The molecule has 1 aliphatic heterocycles. The fourth-order valence-electron chi connectivity index (χ4n) is 3.80. The van der Waals surface area contributed by atoms with Crippen LogP contribution in [0.1, 0.15) is 70.5 Å². The van der Waals surface area contributed by atoms with Crippen molar-refractivity contribution in [1.82, 2.24) is 4.90 Å². The summed E-state index contributed by atoms with van der Waals surface area (Å²) in [6, 6.07) is 11.8. The maximum Gasteiger partial charge on any atom is 0.417 e. The van der Waals surface area contributed by atoms with Gasteiger partial charge in [-0.15, -0.1) is 0 Å². The molecule has 6 heteroatoms. The van der Waals surface area contributed by atoms with Gasteiger partial charge in [-0.3, -0.25) is 14.4 Å². The van der Waals surface area contributed by atoms with Crippen LogP contribution < -0.4 is 0 Å². The first-order valence-corrected chi connectivity index (χ1v) is 9.51. The van der Waals surface area contributed by atoms with Crippen LogP contribution in [0.15, 0.2) is 42.5 Å². The number of ketones is 2. The zero-order valence-electron chi connectivity index (χ0n) is 16.5. The van der Waals surface area contributed by atoms with Gasteiger partial charge in [0.25, 0.3) is 0 Å². The second-order valence-corrected chi connectivity index (χ2v) is 8.39. The van der Waals surface area contributed by atoms with Gasteiger partial charge in [0.15, 0.2) is 11.6 Å². The van der Waals surface area contributed by atoms with Crippen molar-refractivity contribution >= 4 is 23.6 Å². The number of fused-ring (bicyclic) bond motifs is 2. The Morgan fingerprint density at radius 3 is 2.14 bits per heavy atom. The molecule has 1 aliphatic carbocycles. The predicted octanol–water partition coefficient (Wildman–Crippen LogP) is 3.71. The largest absolute Gasteiger partial charge is 0.443 e. The van der Waals surface area contributed by atoms with E-state index in [2.05, 4.69) is 0 Å². The lowest BCUT2D eigenvalue weighted by Gasteiger charge is -2.23. The highest BCUT2D eigenvalue weighted by atomic mass is 16.6. The van der Waals surface area contributed by atoms with Gasteiger partial charge in [0.05, 0.1) is 0 Å². The average Bonchev–Trinajstić information content (AvgIpc) is 3.06. The number of carbonyl (C=O) groups excluding carboxylic acids is 4. The highest BCUT2D eigenvalue weighted by Crippen LogP contribution is 2.33. The van der Waals surface area contributed by atoms with Crippen LogP contribution in [-0.4, -0.2) is 40.6 Å². The highest BCUT2D eigenvalue weighted by Gasteiger charge is 2.38. The van der Waals surface area contributed by atoms with Crippen molar-refractivity contribution in [2.45, 2.75) is 38.7 Å². The monoisotopic (exact) mass is 391 g/mol. The molecule has 6 nitrogen and oxygen atoms in total. The van der Waals surface area contributed by atoms with Crippen LogP contribution in [0.3, 0.4) is 0 Å². The van der Waals surface area contributed by atoms with Crippen LogP contribution in [0.25, 0.3) is 0 Å². The lowest BCUT2D eigenvalue weighted by molar-refractivity contribution is -0.127. The van der Waals surface area contributed by atoms with Crippen LogP contribution in [0, 0.1) is 0 Å². The minimum Gasteiger partial charge on any atom is -0.443 e. The Labute approximate surface area is 168 Å². The van der Waals surface area contributed by atoms with Gasteiger partial charge in [0.2, 0.25) is 5.91 Å². The minimum absolute atomic E-state index is 0.150. The number of hydrogen-bond acceptors (Lipinski definition) is 5. The van der Waals surface area contributed by atoms with E-state index in [1.807, 2.05) is 0 Å². The Morgan fingerprint density at radius 2 is 1.52 bits per heavy atom. The number of nitrogens with zero attached hydrogens (tertiary/aromatic N) is 1. The molecule has 1 fully saturated rings. The second kappa shape index (κ2) is 6.65. The molecule has 0 N–H and O–H groups in total. The maximum absolute atomic E-state index is 12.9. The van der Waals surface area contributed by atoms with Gasteiger partial charge in [-0.1, -0.05) is 36.4 Å². The number of imide groups is 1. The van der Waals surface area contributed by atoms with Crippen molar-refractivity contribution in [3.8, 4) is 0 Å². The molecule has 148 valence electrons. The number of rotatable bonds is 1. The van der Waals surface area contributed by atoms with E-state index in [1.54, 1.807) is 63.2 Å². The third-order valence-corrected chi connectivity index (χ3v) is 5.16. The number of hydrogen-bond donors (Lipinski definition) is 0. The molecule has 29 heavy (non-hydrogen) atoms. The highest BCUT2D eigenvalue weighted by molar-refractivity contribution is 6.28. The van der Waals surface area contributed by atoms with E-state index >= 15 is 0 Å². The summed E-state index contributed by atoms with van der Waals surface area (Å²) in [6.45, 7) is 5.41. The molecule has 2 aliphatic rings. The smallest absolute Gasteiger partial charge is 0.417 e. The summed E-state index contributed by atoms with van der Waals surface area (Å²) in [7, 11) is 0. The van der Waals surface area contributed by atoms with Crippen LogP contribution in [0.5, 0.6) is 0 Å². The van der Waals surface area contributed by atoms with Gasteiger partial charge in [0.1, 0.15) is 5.60 Å². The molecule has 1 unspecified atom stereocenters. The van der Waals surface area contributed by atoms with Gasteiger partial charge < -0.3 is 4.74 Å². The van der Waals surface area contributed by atoms with E-state index in [0.717, 1.165) is 10.5 Å². The van der Waals surface area contributed by atoms with Gasteiger partial charge in [-0.2, -0.15) is 0 Å². The first-order chi connectivity index (χ1) is 13.7. The van der Waals surface area contributed by atoms with E-state index in [1.165, 1.54) is 0 Å². The zero-order chi connectivity index (χ0) is 20.9. The SMILES string of the molecule is CC(C)(C)OC(=O)N1CC(c2ccc3c(c2)C(=O)c2ccccc2C3=O)CC1=O. The molecule has 2 aromatic rings. The molecule has 4 rings (SSSR count). The molecule has 0 saturated carbocycles. The molecule has 2 aromatic carbocycles. The van der Waals surface area contributed by atoms with Gasteiger partial charge in [-0.25, -0.2) is 9.69 Å². The first-order valence-electron chi connectivity index (χ1n) is 9.51. The van der Waals surface area contributed by atoms with E-state index < -0.39 is 11.7 Å². The fourth-order valence-corrected chi connectivity index (χ4v) is 3.80. The summed E-state index contributed by atoms with van der Waals surface area (Å²) < 4.78 is 5.30. The maximum atomic E-state index is 12.9. The molecule has 0 bridgehead atoms. The molecule has 1 heterocycles. The van der Waals surface area contributed by atoms with Crippen molar-refractivity contribution in [2.75, 3.05) is 6.54 Å². The Kier molecular flexibility index (Phi) is 4.37. The van der Waals surface area contributed by atoms with Crippen LogP contribution in [-0.2, 0) is 9.53 Å². The number of benzene rings is 2. The number of carbonyl (C=O) groups is 4. The standard InChI is InChI=1S/C23H21NO5/c1-23(2,3)29-22(28)24-12-14(11-19(24)25)13-8-9-17-18(10-13)21(27)16-7-5-4-6-15(16)20(17)26/h4-10,14H,11-12H2,1-3H3. The molecule has 0 aromatic heterocycles. The van der Waals surface area contributed by atoms with Crippen LogP contribution >= 0.6 is 0 Å². The van der Waals surface area contributed by atoms with Crippen LogP contribution in [0.2, 0.25) is 0 Å². The molecular formula is C23H21NO5. The summed E-state index contributed by atoms with van der Waals surface area (Å²) in [5.41, 5.74) is 1.57. The van der Waals surface area contributed by atoms with Crippen molar-refractivity contribution in [3.63, 3.8) is 0 Å². The molecule has 0 spiro atoms. The average molecular weight is 391 g/mol. The Balaban J connectivity index is 1.62. The summed E-state index contributed by atoms with van der Waals surface area (Å²) >= 11 is 0. The lowest BCUT2D eigenvalue weighted by Crippen LogP contribution is -2.37. The lowest BCUT2D eigenvalue weighted by atomic mass is 9.82. The van der Waals surface area contributed by atoms with E-state index in [-0.39, 0.29) is 36.4 Å². The van der Waals surface area contributed by atoms with Gasteiger partial charge in [0, 0.05) is 41.1 Å². The topological polar surface area (TPSA) is 80.8 Å².